The van der Waals surface area contributed by atoms with Crippen LogP contribution < -0.4 is 25.8 Å². The van der Waals surface area contributed by atoms with Gasteiger partial charge in [0.15, 0.2) is 17.2 Å². The van der Waals surface area contributed by atoms with Crippen LogP contribution in [0.15, 0.2) is 60.9 Å². The van der Waals surface area contributed by atoms with Crippen LogP contribution in [0.2, 0.25) is 10.0 Å². The highest BCUT2D eigenvalue weighted by atomic mass is 35.5. The van der Waals surface area contributed by atoms with E-state index in [0.717, 1.165) is 22.4 Å². The van der Waals surface area contributed by atoms with Crippen molar-refractivity contribution in [1.82, 2.24) is 40.0 Å². The number of piperidine rings is 2. The summed E-state index contributed by atoms with van der Waals surface area (Å²) in [6, 6.07) is 12.8. The Morgan fingerprint density at radius 1 is 0.908 bits per heavy atom. The molecule has 1 saturated carbocycles. The lowest BCUT2D eigenvalue weighted by molar-refractivity contribution is -0.186. The molecule has 1 aliphatic carbocycles. The van der Waals surface area contributed by atoms with E-state index in [1.807, 2.05) is 35.2 Å². The van der Waals surface area contributed by atoms with Crippen molar-refractivity contribution in [2.45, 2.75) is 63.2 Å². The monoisotopic (exact) mass is 929 g/mol. The summed E-state index contributed by atoms with van der Waals surface area (Å²) in [6.45, 7) is 1.35. The zero-order chi connectivity index (χ0) is 45.4. The minimum absolute atomic E-state index is 0.0954. The first kappa shape index (κ1) is 42.9. The second kappa shape index (κ2) is 16.5. The molecule has 4 aliphatic heterocycles. The molecular weight excluding hydrogens is 886 g/mol. The van der Waals surface area contributed by atoms with Gasteiger partial charge in [0.1, 0.15) is 6.17 Å². The quantitative estimate of drug-likeness (QED) is 0.142. The number of aromatic nitrogens is 4. The van der Waals surface area contributed by atoms with Crippen molar-refractivity contribution in [3.8, 4) is 11.3 Å². The number of imide groups is 1. The van der Waals surface area contributed by atoms with E-state index in [1.54, 1.807) is 29.1 Å². The summed E-state index contributed by atoms with van der Waals surface area (Å²) in [6.07, 6.45) is 3.70. The van der Waals surface area contributed by atoms with E-state index in [4.69, 9.17) is 33.3 Å². The number of urea groups is 1. The van der Waals surface area contributed by atoms with E-state index in [0.29, 0.717) is 53.1 Å². The summed E-state index contributed by atoms with van der Waals surface area (Å²) < 4.78 is 47.5. The van der Waals surface area contributed by atoms with Crippen molar-refractivity contribution >= 4 is 75.5 Å². The number of fused-ring (bicyclic) bond motifs is 2. The molecule has 5 aliphatic rings. The molecule has 2 atom stereocenters. The number of nitrogens with zero attached hydrogens (tertiary/aromatic N) is 8. The third kappa shape index (κ3) is 7.88. The third-order valence-corrected chi connectivity index (χ3v) is 14.0. The number of amides is 5. The summed E-state index contributed by atoms with van der Waals surface area (Å²) in [5.41, 5.74) is 4.77. The lowest BCUT2D eigenvalue weighted by Gasteiger charge is -2.51. The second-order valence-corrected chi connectivity index (χ2v) is 18.3. The maximum Gasteiger partial charge on any atom is 0.328 e. The Kier molecular flexibility index (Phi) is 10.9. The Morgan fingerprint density at radius 2 is 1.68 bits per heavy atom. The minimum Gasteiger partial charge on any atom is -0.385 e. The van der Waals surface area contributed by atoms with Crippen molar-refractivity contribution in [2.24, 2.45) is 5.41 Å². The third-order valence-electron chi connectivity index (χ3n) is 13.5. The van der Waals surface area contributed by atoms with Gasteiger partial charge in [-0.3, -0.25) is 34.5 Å². The van der Waals surface area contributed by atoms with Gasteiger partial charge in [-0.1, -0.05) is 29.3 Å². The van der Waals surface area contributed by atoms with Gasteiger partial charge in [-0.05, 0) is 79.8 Å². The predicted octanol–water partition coefficient (Wildman–Crippen LogP) is 6.88. The number of halogens is 5. The molecule has 338 valence electrons. The van der Waals surface area contributed by atoms with Gasteiger partial charge in [-0.15, -0.1) is 5.10 Å². The number of alkyl halides is 3. The van der Waals surface area contributed by atoms with Gasteiger partial charge < -0.3 is 20.4 Å². The molecule has 10 rings (SSSR count). The Hall–Kier alpha value is -5.98. The Labute approximate surface area is 381 Å². The molecule has 1 spiro atoms. The number of hydrogen-bond acceptors (Lipinski definition) is 10. The fraction of sp³-hybridized carbons (Fsp3) is 0.400. The number of carbonyl (C=O) groups is 4. The zero-order valence-electron chi connectivity index (χ0n) is 35.2. The number of carbonyl (C=O) groups excluding carboxylic acids is 4. The number of imidazole rings is 1. The van der Waals surface area contributed by atoms with E-state index in [2.05, 4.69) is 20.9 Å². The molecule has 5 aromatic rings. The first-order valence-electron chi connectivity index (χ1n) is 21.6. The summed E-state index contributed by atoms with van der Waals surface area (Å²) in [4.78, 5) is 66.7. The van der Waals surface area contributed by atoms with E-state index in [9.17, 15) is 23.6 Å². The molecule has 7 heterocycles. The number of hydrogen-bond donors (Lipinski definition) is 3. The van der Waals surface area contributed by atoms with E-state index < -0.39 is 47.9 Å². The number of nitrogens with one attached hydrogen (secondary N) is 3. The molecule has 0 bridgehead atoms. The van der Waals surface area contributed by atoms with Crippen molar-refractivity contribution in [1.29, 1.82) is 0 Å². The van der Waals surface area contributed by atoms with Gasteiger partial charge in [0.05, 0.1) is 40.9 Å². The van der Waals surface area contributed by atoms with Crippen LogP contribution in [-0.2, 0) is 17.8 Å². The van der Waals surface area contributed by atoms with Crippen LogP contribution in [0.5, 0.6) is 0 Å². The van der Waals surface area contributed by atoms with Crippen molar-refractivity contribution in [3.05, 3.63) is 93.4 Å². The molecule has 15 nitrogen and oxygen atoms in total. The molecule has 3 aromatic heterocycles. The van der Waals surface area contributed by atoms with Crippen LogP contribution in [0.1, 0.15) is 64.1 Å². The van der Waals surface area contributed by atoms with E-state index in [-0.39, 0.29) is 80.5 Å². The van der Waals surface area contributed by atoms with Gasteiger partial charge >= 0.3 is 6.03 Å². The van der Waals surface area contributed by atoms with Crippen LogP contribution in [0.4, 0.5) is 40.8 Å². The van der Waals surface area contributed by atoms with Crippen LogP contribution in [0.3, 0.4) is 0 Å². The first-order valence-corrected chi connectivity index (χ1v) is 22.3. The topological polar surface area (TPSA) is 160 Å². The fourth-order valence-corrected chi connectivity index (χ4v) is 10.1. The molecule has 65 heavy (non-hydrogen) atoms. The molecule has 3 N–H and O–H groups in total. The smallest absolute Gasteiger partial charge is 0.328 e. The summed E-state index contributed by atoms with van der Waals surface area (Å²) >= 11 is 13.1. The van der Waals surface area contributed by atoms with Crippen LogP contribution >= 0.6 is 23.2 Å². The number of pyridine rings is 1. The highest BCUT2D eigenvalue weighted by Gasteiger charge is 2.57. The van der Waals surface area contributed by atoms with Crippen LogP contribution in [0.25, 0.3) is 16.9 Å². The first-order chi connectivity index (χ1) is 31.2. The van der Waals surface area contributed by atoms with Gasteiger partial charge in [0, 0.05) is 92.1 Å². The molecule has 4 fully saturated rings. The van der Waals surface area contributed by atoms with Crippen molar-refractivity contribution < 1.29 is 32.3 Å². The molecule has 0 radical (unpaired) electrons. The van der Waals surface area contributed by atoms with E-state index >= 15 is 8.78 Å². The van der Waals surface area contributed by atoms with Gasteiger partial charge in [0.25, 0.3) is 17.7 Å². The number of benzene rings is 2. The largest absolute Gasteiger partial charge is 0.385 e. The molecular formula is C45H44Cl2F3N11O4. The van der Waals surface area contributed by atoms with Gasteiger partial charge in [-0.2, -0.15) is 0 Å². The Balaban J connectivity index is 0.794. The van der Waals surface area contributed by atoms with Crippen molar-refractivity contribution in [2.75, 3.05) is 61.4 Å². The summed E-state index contributed by atoms with van der Waals surface area (Å²) in [7, 11) is 1.75. The fourth-order valence-electron chi connectivity index (χ4n) is 9.65. The standard InChI is InChI=1S/C45H44Cl2F3N11O4/c1-51-34-20-38(56-61-37(22-53-40(34)61)41(63)54-33-19-31(33)48)59-11-6-28-29(17-27(46)18-35(28)59)32-5-2-25(21-52-32)23-57-13-8-44(45(49,50)24-57)9-14-58(15-10-44)42(64)26-3-4-30(47)36(16-26)60-12-7-39(62)55-43(60)65/h2-5,16-18,20-22,31,33,51H,6-15,19,23-24H2,1H3,(H,54,63)(H,55,62,65)/t31-,33+/m0/s1. The second-order valence-electron chi connectivity index (χ2n) is 17.4. The molecule has 5 amide bonds. The predicted molar refractivity (Wildman–Crippen MR) is 238 cm³/mol. The lowest BCUT2D eigenvalue weighted by Crippen LogP contribution is -2.59. The Morgan fingerprint density at radius 3 is 2.38 bits per heavy atom. The molecule has 2 aromatic carbocycles. The summed E-state index contributed by atoms with van der Waals surface area (Å²) in [5, 5.41) is 13.6. The normalized spacial score (nSPS) is 21.4. The maximum absolute atomic E-state index is 16.2. The summed E-state index contributed by atoms with van der Waals surface area (Å²) in [5.74, 6) is -3.63. The molecule has 20 heteroatoms. The molecule has 3 saturated heterocycles. The average Bonchev–Trinajstić information content (AvgIpc) is 3.60. The van der Waals surface area contributed by atoms with Gasteiger partial charge in [0.2, 0.25) is 5.91 Å². The van der Waals surface area contributed by atoms with E-state index in [1.165, 1.54) is 27.7 Å². The Bertz CT molecular complexity index is 2770. The van der Waals surface area contributed by atoms with Crippen LogP contribution in [-0.4, -0.2) is 118 Å². The molecule has 0 unspecified atom stereocenters. The van der Waals surface area contributed by atoms with Crippen LogP contribution in [0, 0.1) is 5.41 Å². The number of rotatable bonds is 9. The highest BCUT2D eigenvalue weighted by molar-refractivity contribution is 6.34. The van der Waals surface area contributed by atoms with Gasteiger partial charge in [-0.25, -0.2) is 27.5 Å². The zero-order valence-corrected chi connectivity index (χ0v) is 36.7. The highest BCUT2D eigenvalue weighted by Crippen LogP contribution is 2.51. The van der Waals surface area contributed by atoms with Crippen molar-refractivity contribution in [3.63, 3.8) is 0 Å². The SMILES string of the molecule is CNc1cc(N2CCc3c(-c4ccc(CN5CCC6(CCN(C(=O)c7ccc(Cl)c(N8CCC(=O)NC8=O)c7)CC6)C(F)(F)C5)cn4)cc(Cl)cc32)nn2c(C(=O)N[C@@H]3C[C@@H]3F)cnc12. The number of anilines is 4. The minimum atomic E-state index is -3.00. The average molecular weight is 931 g/mol. The maximum atomic E-state index is 16.2. The lowest BCUT2D eigenvalue weighted by atomic mass is 9.68. The number of likely N-dealkylation sites (tertiary alicyclic amines) is 2.